The first kappa shape index (κ1) is 17.1. The summed E-state index contributed by atoms with van der Waals surface area (Å²) in [5, 5.41) is 0.511. The van der Waals surface area contributed by atoms with Crippen LogP contribution in [-0.2, 0) is 25.9 Å². The van der Waals surface area contributed by atoms with E-state index in [9.17, 15) is 13.2 Å². The van der Waals surface area contributed by atoms with E-state index in [-0.39, 0.29) is 18.1 Å². The van der Waals surface area contributed by atoms with Gasteiger partial charge in [-0.05, 0) is 12.1 Å². The van der Waals surface area contributed by atoms with Gasteiger partial charge in [-0.15, -0.1) is 0 Å². The van der Waals surface area contributed by atoms with Crippen molar-refractivity contribution in [1.29, 1.82) is 0 Å². The van der Waals surface area contributed by atoms with Crippen LogP contribution in [0.5, 0.6) is 5.75 Å². The normalized spacial score (nSPS) is 21.3. The number of nitrogens with zero attached hydrogens (tertiary/aromatic N) is 1. The van der Waals surface area contributed by atoms with Gasteiger partial charge in [0.25, 0.3) is 0 Å². The molecule has 1 aromatic rings. The Morgan fingerprint density at radius 3 is 2.77 bits per heavy atom. The molecule has 1 unspecified atom stereocenters. The molecule has 1 saturated heterocycles. The maximum absolute atomic E-state index is 11.9. The van der Waals surface area contributed by atoms with Crippen LogP contribution in [-0.4, -0.2) is 57.6 Å². The van der Waals surface area contributed by atoms with Crippen LogP contribution in [0.2, 0.25) is 5.02 Å². The van der Waals surface area contributed by atoms with Crippen molar-refractivity contribution in [2.75, 3.05) is 32.3 Å². The minimum absolute atomic E-state index is 0.00720. The van der Waals surface area contributed by atoms with Gasteiger partial charge in [0.2, 0.25) is 0 Å². The molecule has 1 aliphatic heterocycles. The zero-order valence-corrected chi connectivity index (χ0v) is 14.0. The van der Waals surface area contributed by atoms with E-state index in [4.69, 9.17) is 21.1 Å². The van der Waals surface area contributed by atoms with Gasteiger partial charge >= 0.3 is 5.97 Å². The smallest absolute Gasteiger partial charge is 0.324 e. The van der Waals surface area contributed by atoms with Crippen molar-refractivity contribution < 1.29 is 22.7 Å². The molecule has 0 N–H and O–H groups in total. The summed E-state index contributed by atoms with van der Waals surface area (Å²) in [6.07, 6.45) is 0. The van der Waals surface area contributed by atoms with Crippen LogP contribution < -0.4 is 4.74 Å². The Hall–Kier alpha value is -1.31. The third-order valence-electron chi connectivity index (χ3n) is 3.67. The number of hydrogen-bond donors (Lipinski definition) is 0. The summed E-state index contributed by atoms with van der Waals surface area (Å²) in [4.78, 5) is 13.7. The minimum Gasteiger partial charge on any atom is -0.496 e. The topological polar surface area (TPSA) is 72.9 Å². The van der Waals surface area contributed by atoms with Crippen molar-refractivity contribution >= 4 is 27.4 Å². The Balaban J connectivity index is 2.29. The van der Waals surface area contributed by atoms with Crippen LogP contribution in [0.25, 0.3) is 0 Å². The summed E-state index contributed by atoms with van der Waals surface area (Å²) in [5.74, 6) is -0.196. The lowest BCUT2D eigenvalue weighted by Gasteiger charge is -2.33. The van der Waals surface area contributed by atoms with E-state index in [1.807, 2.05) is 0 Å². The highest BCUT2D eigenvalue weighted by Gasteiger charge is 2.37. The molecule has 8 heteroatoms. The SMILES string of the molecule is COC(=O)C1CS(=O)(=O)CCN1Cc1c(Cl)cccc1OC. The van der Waals surface area contributed by atoms with Gasteiger partial charge in [-0.25, -0.2) is 8.42 Å². The summed E-state index contributed by atoms with van der Waals surface area (Å²) in [5.41, 5.74) is 0.722. The zero-order chi connectivity index (χ0) is 16.3. The number of rotatable bonds is 4. The monoisotopic (exact) mass is 347 g/mol. The van der Waals surface area contributed by atoms with E-state index in [1.165, 1.54) is 14.2 Å². The number of carbonyl (C=O) groups excluding carboxylic acids is 1. The van der Waals surface area contributed by atoms with Gasteiger partial charge in [-0.2, -0.15) is 0 Å². The summed E-state index contributed by atoms with van der Waals surface area (Å²) < 4.78 is 33.6. The molecule has 22 heavy (non-hydrogen) atoms. The van der Waals surface area contributed by atoms with Crippen LogP contribution >= 0.6 is 11.6 Å². The number of esters is 1. The third kappa shape index (κ3) is 3.71. The average Bonchev–Trinajstić information content (AvgIpc) is 2.49. The molecule has 1 fully saturated rings. The summed E-state index contributed by atoms with van der Waals surface area (Å²) in [7, 11) is -0.462. The zero-order valence-electron chi connectivity index (χ0n) is 12.4. The summed E-state index contributed by atoms with van der Waals surface area (Å²) in [6, 6.07) is 4.44. The van der Waals surface area contributed by atoms with Gasteiger partial charge in [-0.3, -0.25) is 9.69 Å². The second kappa shape index (κ2) is 6.85. The van der Waals surface area contributed by atoms with E-state index in [2.05, 4.69) is 0 Å². The molecular weight excluding hydrogens is 330 g/mol. The molecular formula is C14H18ClNO5S. The average molecular weight is 348 g/mol. The van der Waals surface area contributed by atoms with E-state index >= 15 is 0 Å². The fraction of sp³-hybridized carbons (Fsp3) is 0.500. The van der Waals surface area contributed by atoms with Gasteiger partial charge in [0.05, 0.1) is 25.7 Å². The van der Waals surface area contributed by atoms with Gasteiger partial charge < -0.3 is 9.47 Å². The molecule has 1 aromatic carbocycles. The van der Waals surface area contributed by atoms with Crippen molar-refractivity contribution in [3.8, 4) is 5.75 Å². The highest BCUT2D eigenvalue weighted by atomic mass is 35.5. The van der Waals surface area contributed by atoms with Crippen molar-refractivity contribution in [2.45, 2.75) is 12.6 Å². The highest BCUT2D eigenvalue weighted by molar-refractivity contribution is 7.91. The molecule has 1 atom stereocenters. The molecule has 1 heterocycles. The first-order valence-corrected chi connectivity index (χ1v) is 8.91. The number of hydrogen-bond acceptors (Lipinski definition) is 6. The highest BCUT2D eigenvalue weighted by Crippen LogP contribution is 2.29. The maximum atomic E-state index is 11.9. The lowest BCUT2D eigenvalue weighted by Crippen LogP contribution is -2.52. The van der Waals surface area contributed by atoms with Gasteiger partial charge in [0.1, 0.15) is 11.8 Å². The largest absolute Gasteiger partial charge is 0.496 e. The second-order valence-corrected chi connectivity index (χ2v) is 7.68. The first-order valence-electron chi connectivity index (χ1n) is 6.71. The molecule has 0 saturated carbocycles. The van der Waals surface area contributed by atoms with Gasteiger partial charge in [0, 0.05) is 23.7 Å². The van der Waals surface area contributed by atoms with E-state index < -0.39 is 21.8 Å². The van der Waals surface area contributed by atoms with Crippen LogP contribution in [0.1, 0.15) is 5.56 Å². The van der Waals surface area contributed by atoms with Crippen molar-refractivity contribution in [3.63, 3.8) is 0 Å². The Bertz CT molecular complexity index is 661. The fourth-order valence-corrected chi connectivity index (χ4v) is 4.20. The number of ether oxygens (including phenoxy) is 2. The number of benzene rings is 1. The van der Waals surface area contributed by atoms with Gasteiger partial charge in [0.15, 0.2) is 9.84 Å². The summed E-state index contributed by atoms with van der Waals surface area (Å²) in [6.45, 7) is 0.564. The van der Waals surface area contributed by atoms with E-state index in [0.717, 1.165) is 5.56 Å². The van der Waals surface area contributed by atoms with Crippen molar-refractivity contribution in [2.24, 2.45) is 0 Å². The number of carbonyl (C=O) groups is 1. The fourth-order valence-electron chi connectivity index (χ4n) is 2.47. The number of methoxy groups -OCH3 is 2. The van der Waals surface area contributed by atoms with Crippen LogP contribution in [0.15, 0.2) is 18.2 Å². The minimum atomic E-state index is -3.24. The Morgan fingerprint density at radius 1 is 1.41 bits per heavy atom. The predicted octanol–water partition coefficient (Wildman–Crippen LogP) is 1.12. The lowest BCUT2D eigenvalue weighted by molar-refractivity contribution is -0.146. The van der Waals surface area contributed by atoms with Crippen LogP contribution in [0, 0.1) is 0 Å². The third-order valence-corrected chi connectivity index (χ3v) is 5.65. The standard InChI is InChI=1S/C14H18ClNO5S/c1-20-13-5-3-4-11(15)10(13)8-16-6-7-22(18,19)9-12(16)14(17)21-2/h3-5,12H,6-9H2,1-2H3. The molecule has 0 radical (unpaired) electrons. The quantitative estimate of drug-likeness (QED) is 0.760. The Kier molecular flexibility index (Phi) is 5.31. The molecule has 0 aromatic heterocycles. The molecule has 6 nitrogen and oxygen atoms in total. The van der Waals surface area contributed by atoms with Crippen LogP contribution in [0.4, 0.5) is 0 Å². The maximum Gasteiger partial charge on any atom is 0.324 e. The Morgan fingerprint density at radius 2 is 2.14 bits per heavy atom. The molecule has 1 aliphatic rings. The van der Waals surface area contributed by atoms with Gasteiger partial charge in [-0.1, -0.05) is 17.7 Å². The predicted molar refractivity (Wildman–Crippen MR) is 82.9 cm³/mol. The van der Waals surface area contributed by atoms with E-state index in [1.54, 1.807) is 23.1 Å². The number of halogens is 1. The molecule has 0 spiro atoms. The molecule has 0 aliphatic carbocycles. The van der Waals surface area contributed by atoms with Crippen molar-refractivity contribution in [3.05, 3.63) is 28.8 Å². The molecule has 122 valence electrons. The van der Waals surface area contributed by atoms with E-state index in [0.29, 0.717) is 17.3 Å². The lowest BCUT2D eigenvalue weighted by atomic mass is 10.1. The second-order valence-electron chi connectivity index (χ2n) is 5.04. The molecule has 0 bridgehead atoms. The summed E-state index contributed by atoms with van der Waals surface area (Å²) >= 11 is 6.20. The molecule has 0 amide bonds. The Labute approximate surface area is 134 Å². The first-order chi connectivity index (χ1) is 10.4. The van der Waals surface area contributed by atoms with Crippen LogP contribution in [0.3, 0.4) is 0 Å². The molecule has 2 rings (SSSR count). The number of sulfone groups is 1. The van der Waals surface area contributed by atoms with Crippen molar-refractivity contribution in [1.82, 2.24) is 4.90 Å².